The molecule has 1 aliphatic heterocycles. The number of hydrogen-bond donors (Lipinski definition) is 1. The predicted octanol–water partition coefficient (Wildman–Crippen LogP) is 1.81. The minimum atomic E-state index is -0.384. The fourth-order valence-corrected chi connectivity index (χ4v) is 2.67. The van der Waals surface area contributed by atoms with Gasteiger partial charge in [-0.3, -0.25) is 9.59 Å². The van der Waals surface area contributed by atoms with Gasteiger partial charge in [-0.05, 0) is 25.8 Å². The van der Waals surface area contributed by atoms with E-state index in [4.69, 9.17) is 4.74 Å². The number of likely N-dealkylation sites (N-methyl/N-ethyl adjacent to an activating group) is 1. The van der Waals surface area contributed by atoms with Crippen LogP contribution in [0.2, 0.25) is 0 Å². The number of likely N-dealkylation sites (tertiary alicyclic amines) is 1. The van der Waals surface area contributed by atoms with Gasteiger partial charge in [0.15, 0.2) is 0 Å². The highest BCUT2D eigenvalue weighted by Gasteiger charge is 2.31. The smallest absolute Gasteiger partial charge is 0.306 e. The topological polar surface area (TPSA) is 58.6 Å². The quantitative estimate of drug-likeness (QED) is 0.787. The molecule has 5 nitrogen and oxygen atoms in total. The second-order valence-corrected chi connectivity index (χ2v) is 6.88. The molecule has 0 saturated carbocycles. The van der Waals surface area contributed by atoms with Gasteiger partial charge in [-0.15, -0.1) is 0 Å². The molecule has 2 unspecified atom stereocenters. The third-order valence-corrected chi connectivity index (χ3v) is 3.84. The second-order valence-electron chi connectivity index (χ2n) is 6.88. The number of piperidine rings is 1. The molecule has 0 spiro atoms. The fraction of sp³-hybridized carbons (Fsp3) is 0.875. The first kappa shape index (κ1) is 18.0. The molecule has 0 bridgehead atoms. The van der Waals surface area contributed by atoms with Gasteiger partial charge in [0, 0.05) is 31.0 Å². The Labute approximate surface area is 128 Å². The van der Waals surface area contributed by atoms with Crippen molar-refractivity contribution in [3.63, 3.8) is 0 Å². The molecule has 0 aromatic heterocycles. The first-order valence-corrected chi connectivity index (χ1v) is 7.95. The van der Waals surface area contributed by atoms with Crippen LogP contribution >= 0.6 is 0 Å². The van der Waals surface area contributed by atoms with E-state index in [1.165, 1.54) is 0 Å². The molecular formula is C16H30N2O3. The Morgan fingerprint density at radius 1 is 1.24 bits per heavy atom. The van der Waals surface area contributed by atoms with Crippen LogP contribution < -0.4 is 5.32 Å². The van der Waals surface area contributed by atoms with Crippen LogP contribution in [0.15, 0.2) is 0 Å². The molecule has 21 heavy (non-hydrogen) atoms. The van der Waals surface area contributed by atoms with E-state index in [0.717, 1.165) is 26.1 Å². The summed E-state index contributed by atoms with van der Waals surface area (Å²) in [5, 5.41) is 3.13. The number of nitrogens with one attached hydrogen (secondary N) is 1. The minimum Gasteiger partial charge on any atom is -0.466 e. The van der Waals surface area contributed by atoms with Gasteiger partial charge in [-0.1, -0.05) is 27.7 Å². The van der Waals surface area contributed by atoms with Crippen molar-refractivity contribution in [2.45, 2.75) is 53.5 Å². The summed E-state index contributed by atoms with van der Waals surface area (Å²) in [6, 6.07) is 0.116. The third-order valence-electron chi connectivity index (χ3n) is 3.84. The van der Waals surface area contributed by atoms with Gasteiger partial charge in [-0.25, -0.2) is 0 Å². The van der Waals surface area contributed by atoms with Crippen LogP contribution in [-0.2, 0) is 14.3 Å². The molecule has 0 radical (unpaired) electrons. The number of esters is 1. The zero-order valence-electron chi connectivity index (χ0n) is 14.1. The van der Waals surface area contributed by atoms with E-state index < -0.39 is 0 Å². The van der Waals surface area contributed by atoms with Gasteiger partial charge in [0.25, 0.3) is 0 Å². The molecule has 1 aliphatic rings. The highest BCUT2D eigenvalue weighted by molar-refractivity contribution is 5.81. The van der Waals surface area contributed by atoms with E-state index in [9.17, 15) is 9.59 Å². The summed E-state index contributed by atoms with van der Waals surface area (Å²) in [7, 11) is 0. The summed E-state index contributed by atoms with van der Waals surface area (Å²) in [5.74, 6) is 0.185. The van der Waals surface area contributed by atoms with Gasteiger partial charge in [0.2, 0.25) is 5.91 Å². The summed E-state index contributed by atoms with van der Waals surface area (Å²) in [5.41, 5.74) is -0.384. The fourth-order valence-electron chi connectivity index (χ4n) is 2.67. The van der Waals surface area contributed by atoms with Crippen LogP contribution in [0.5, 0.6) is 0 Å². The Hall–Kier alpha value is -1.10. The maximum Gasteiger partial charge on any atom is 0.306 e. The summed E-state index contributed by atoms with van der Waals surface area (Å²) in [4.78, 5) is 26.1. The van der Waals surface area contributed by atoms with E-state index in [0.29, 0.717) is 13.0 Å². The summed E-state index contributed by atoms with van der Waals surface area (Å²) in [6.07, 6.45) is 1.28. The first-order chi connectivity index (χ1) is 9.76. The lowest BCUT2D eigenvalue weighted by atomic mass is 9.89. The van der Waals surface area contributed by atoms with Crippen LogP contribution in [0.4, 0.5) is 0 Å². The third kappa shape index (κ3) is 6.04. The van der Waals surface area contributed by atoms with Crippen LogP contribution in [-0.4, -0.2) is 49.1 Å². The van der Waals surface area contributed by atoms with Crippen molar-refractivity contribution in [3.05, 3.63) is 0 Å². The number of carbonyl (C=O) groups excluding carboxylic acids is 2. The Kier molecular flexibility index (Phi) is 6.65. The lowest BCUT2D eigenvalue weighted by Gasteiger charge is -2.38. The average Bonchev–Trinajstić information content (AvgIpc) is 2.37. The van der Waals surface area contributed by atoms with Gasteiger partial charge >= 0.3 is 5.97 Å². The predicted molar refractivity (Wildman–Crippen MR) is 82.9 cm³/mol. The molecule has 2 atom stereocenters. The SMILES string of the molecule is CCOC(=O)CC1CC(NC(=O)C(C)(C)C)CN(CC)C1. The highest BCUT2D eigenvalue weighted by Crippen LogP contribution is 2.22. The molecule has 1 N–H and O–H groups in total. The van der Waals surface area contributed by atoms with Crippen molar-refractivity contribution in [3.8, 4) is 0 Å². The molecule has 5 heteroatoms. The molecule has 1 fully saturated rings. The average molecular weight is 298 g/mol. The van der Waals surface area contributed by atoms with Crippen molar-refractivity contribution in [1.29, 1.82) is 0 Å². The Morgan fingerprint density at radius 3 is 2.43 bits per heavy atom. The summed E-state index contributed by atoms with van der Waals surface area (Å²) >= 11 is 0. The van der Waals surface area contributed by atoms with E-state index in [2.05, 4.69) is 17.1 Å². The van der Waals surface area contributed by atoms with Crippen molar-refractivity contribution < 1.29 is 14.3 Å². The molecular weight excluding hydrogens is 268 g/mol. The minimum absolute atomic E-state index is 0.0698. The Morgan fingerprint density at radius 2 is 1.90 bits per heavy atom. The van der Waals surface area contributed by atoms with Gasteiger partial charge < -0.3 is 15.0 Å². The van der Waals surface area contributed by atoms with Crippen molar-refractivity contribution in [2.75, 3.05) is 26.2 Å². The number of nitrogens with zero attached hydrogens (tertiary/aromatic N) is 1. The lowest BCUT2D eigenvalue weighted by Crippen LogP contribution is -2.53. The van der Waals surface area contributed by atoms with Gasteiger partial charge in [-0.2, -0.15) is 0 Å². The zero-order chi connectivity index (χ0) is 16.0. The molecule has 1 heterocycles. The summed E-state index contributed by atoms with van der Waals surface area (Å²) in [6.45, 7) is 12.8. The number of rotatable bonds is 5. The number of carbonyl (C=O) groups is 2. The zero-order valence-corrected chi connectivity index (χ0v) is 14.1. The maximum absolute atomic E-state index is 12.1. The molecule has 1 rings (SSSR count). The van der Waals surface area contributed by atoms with E-state index >= 15 is 0 Å². The summed E-state index contributed by atoms with van der Waals surface area (Å²) < 4.78 is 5.04. The molecule has 0 aromatic carbocycles. The van der Waals surface area contributed by atoms with E-state index in [1.807, 2.05) is 27.7 Å². The van der Waals surface area contributed by atoms with Crippen molar-refractivity contribution >= 4 is 11.9 Å². The standard InChI is InChI=1S/C16H30N2O3/c1-6-18-10-12(9-14(19)21-7-2)8-13(11-18)17-15(20)16(3,4)5/h12-13H,6-11H2,1-5H3,(H,17,20). The second kappa shape index (κ2) is 7.78. The largest absolute Gasteiger partial charge is 0.466 e. The number of amides is 1. The molecule has 0 aliphatic carbocycles. The molecule has 1 amide bonds. The van der Waals surface area contributed by atoms with Crippen LogP contribution in [0.3, 0.4) is 0 Å². The van der Waals surface area contributed by atoms with Gasteiger partial charge in [0.05, 0.1) is 6.61 Å². The monoisotopic (exact) mass is 298 g/mol. The molecule has 1 saturated heterocycles. The lowest BCUT2D eigenvalue weighted by molar-refractivity contribution is -0.144. The highest BCUT2D eigenvalue weighted by atomic mass is 16.5. The van der Waals surface area contributed by atoms with Gasteiger partial charge in [0.1, 0.15) is 0 Å². The van der Waals surface area contributed by atoms with Crippen LogP contribution in [0.1, 0.15) is 47.5 Å². The first-order valence-electron chi connectivity index (χ1n) is 7.95. The van der Waals surface area contributed by atoms with Crippen LogP contribution in [0, 0.1) is 11.3 Å². The van der Waals surface area contributed by atoms with Crippen molar-refractivity contribution in [1.82, 2.24) is 10.2 Å². The number of ether oxygens (including phenoxy) is 1. The molecule has 0 aromatic rings. The maximum atomic E-state index is 12.1. The molecule has 122 valence electrons. The Balaban J connectivity index is 2.60. The van der Waals surface area contributed by atoms with E-state index in [-0.39, 0.29) is 29.3 Å². The van der Waals surface area contributed by atoms with E-state index in [1.54, 1.807) is 0 Å². The Bertz CT molecular complexity index is 363. The normalized spacial score (nSPS) is 23.7. The van der Waals surface area contributed by atoms with Crippen molar-refractivity contribution in [2.24, 2.45) is 11.3 Å². The number of hydrogen-bond acceptors (Lipinski definition) is 4. The van der Waals surface area contributed by atoms with Crippen LogP contribution in [0.25, 0.3) is 0 Å².